The van der Waals surface area contributed by atoms with Gasteiger partial charge in [-0.05, 0) is 50.6 Å². The second-order valence-electron chi connectivity index (χ2n) is 4.67. The minimum Gasteiger partial charge on any atom is -0.396 e. The van der Waals surface area contributed by atoms with Crippen LogP contribution in [0.5, 0.6) is 0 Å². The molecule has 112 valence electrons. The van der Waals surface area contributed by atoms with E-state index in [0.717, 1.165) is 0 Å². The first-order chi connectivity index (χ1) is 9.45. The highest BCUT2D eigenvalue weighted by Gasteiger charge is 2.26. The van der Waals surface area contributed by atoms with Crippen molar-refractivity contribution in [1.82, 2.24) is 0 Å². The van der Waals surface area contributed by atoms with Crippen molar-refractivity contribution in [2.45, 2.75) is 50.9 Å². The monoisotopic (exact) mass is 284 g/mol. The summed E-state index contributed by atoms with van der Waals surface area (Å²) in [7, 11) is 0. The van der Waals surface area contributed by atoms with Crippen molar-refractivity contribution >= 4 is 0 Å². The van der Waals surface area contributed by atoms with Gasteiger partial charge >= 0.3 is 0 Å². The highest BCUT2D eigenvalue weighted by molar-refractivity contribution is 4.84. The number of nitrogens with zero attached hydrogens (tertiary/aromatic N) is 8. The molecule has 0 amide bonds. The summed E-state index contributed by atoms with van der Waals surface area (Å²) < 4.78 is 0. The molecule has 10 heteroatoms. The first-order valence-corrected chi connectivity index (χ1v) is 6.23. The summed E-state index contributed by atoms with van der Waals surface area (Å²) in [6, 6.07) is 0. The van der Waals surface area contributed by atoms with Crippen LogP contribution < -0.4 is 0 Å². The van der Waals surface area contributed by atoms with Crippen molar-refractivity contribution in [2.75, 3.05) is 13.2 Å². The average Bonchev–Trinajstić information content (AvgIpc) is 2.42. The zero-order chi connectivity index (χ0) is 15.5. The molecule has 20 heavy (non-hydrogen) atoms. The van der Waals surface area contributed by atoms with Crippen LogP contribution in [0.1, 0.15) is 39.5 Å². The van der Waals surface area contributed by atoms with Gasteiger partial charge in [-0.25, -0.2) is 0 Å². The van der Waals surface area contributed by atoms with E-state index in [2.05, 4.69) is 30.3 Å². The summed E-state index contributed by atoms with van der Waals surface area (Å²) in [5.74, 6) is 0. The minimum atomic E-state index is -1.14. The van der Waals surface area contributed by atoms with E-state index in [4.69, 9.17) is 21.3 Å². The fourth-order valence-electron chi connectivity index (χ4n) is 1.48. The molecule has 10 nitrogen and oxygen atoms in total. The third-order valence-electron chi connectivity index (χ3n) is 2.62. The molecule has 0 aromatic rings. The Kier molecular flexibility index (Phi) is 8.26. The maximum absolute atomic E-state index is 8.82. The molecule has 0 spiro atoms. The smallest absolute Gasteiger partial charge is 0.157 e. The molecule has 0 aliphatic carbocycles. The van der Waals surface area contributed by atoms with Crippen LogP contribution in [-0.2, 0) is 0 Å². The van der Waals surface area contributed by atoms with Crippen molar-refractivity contribution in [2.24, 2.45) is 20.5 Å². The molecule has 0 radical (unpaired) electrons. The van der Waals surface area contributed by atoms with E-state index in [1.165, 1.54) is 0 Å². The predicted octanol–water partition coefficient (Wildman–Crippen LogP) is 3.04. The Hall–Kier alpha value is -1.86. The lowest BCUT2D eigenvalue weighted by Gasteiger charge is -2.21. The largest absolute Gasteiger partial charge is 0.396 e. The van der Waals surface area contributed by atoms with Gasteiger partial charge in [0.05, 0.1) is 0 Å². The van der Waals surface area contributed by atoms with Gasteiger partial charge in [0, 0.05) is 23.0 Å². The zero-order valence-corrected chi connectivity index (χ0v) is 11.7. The number of azo groups is 1. The van der Waals surface area contributed by atoms with Crippen molar-refractivity contribution in [3.05, 3.63) is 20.9 Å². The van der Waals surface area contributed by atoms with Gasteiger partial charge in [-0.1, -0.05) is 10.2 Å². The van der Waals surface area contributed by atoms with Gasteiger partial charge in [0.25, 0.3) is 0 Å². The Bertz CT molecular complexity index is 377. The van der Waals surface area contributed by atoms with Crippen LogP contribution in [-0.4, -0.2) is 34.8 Å². The second kappa shape index (κ2) is 9.11. The summed E-state index contributed by atoms with van der Waals surface area (Å²) in [5, 5.41) is 32.7. The lowest BCUT2D eigenvalue weighted by Crippen LogP contribution is -2.23. The molecule has 0 aromatic heterocycles. The Morgan fingerprint density at radius 3 is 1.45 bits per heavy atom. The van der Waals surface area contributed by atoms with Gasteiger partial charge in [-0.3, -0.25) is 0 Å². The summed E-state index contributed by atoms with van der Waals surface area (Å²) in [5.41, 5.74) is 14.8. The van der Waals surface area contributed by atoms with Crippen molar-refractivity contribution in [1.29, 1.82) is 0 Å². The van der Waals surface area contributed by atoms with E-state index >= 15 is 0 Å². The molecule has 0 aromatic carbocycles. The standard InChI is InChI=1S/C10H20N8O2/c1-9(15-17-11,5-3-7-19)13-14-10(2,16-18-12)6-4-8-20/h19-20H,3-8H2,1-2H3/b14-13+. The maximum Gasteiger partial charge on any atom is 0.157 e. The van der Waals surface area contributed by atoms with Gasteiger partial charge in [-0.15, -0.1) is 0 Å². The van der Waals surface area contributed by atoms with Gasteiger partial charge in [0.2, 0.25) is 0 Å². The molecule has 0 fully saturated rings. The lowest BCUT2D eigenvalue weighted by molar-refractivity contribution is 0.252. The average molecular weight is 284 g/mol. The summed E-state index contributed by atoms with van der Waals surface area (Å²) in [6.45, 7) is 3.05. The maximum atomic E-state index is 8.82. The molecular formula is C10H20N8O2. The molecule has 0 bridgehead atoms. The van der Waals surface area contributed by atoms with Crippen LogP contribution in [0.4, 0.5) is 0 Å². The van der Waals surface area contributed by atoms with E-state index in [0.29, 0.717) is 25.7 Å². The molecule has 2 unspecified atom stereocenters. The number of rotatable bonds is 10. The molecule has 0 aliphatic heterocycles. The normalized spacial score (nSPS) is 16.8. The number of hydrogen-bond donors (Lipinski definition) is 2. The van der Waals surface area contributed by atoms with Gasteiger partial charge in [0.1, 0.15) is 0 Å². The van der Waals surface area contributed by atoms with Crippen LogP contribution in [0.3, 0.4) is 0 Å². The van der Waals surface area contributed by atoms with Crippen molar-refractivity contribution in [3.8, 4) is 0 Å². The number of aliphatic hydroxyl groups is 2. The summed E-state index contributed by atoms with van der Waals surface area (Å²) in [4.78, 5) is 5.43. The minimum absolute atomic E-state index is 0.0514. The quantitative estimate of drug-likeness (QED) is 0.358. The third kappa shape index (κ3) is 6.91. The predicted molar refractivity (Wildman–Crippen MR) is 72.6 cm³/mol. The zero-order valence-electron chi connectivity index (χ0n) is 11.7. The molecule has 0 heterocycles. The van der Waals surface area contributed by atoms with Gasteiger partial charge < -0.3 is 10.2 Å². The highest BCUT2D eigenvalue weighted by Crippen LogP contribution is 2.26. The molecule has 0 aliphatic rings. The number of hydrogen-bond acceptors (Lipinski definition) is 6. The van der Waals surface area contributed by atoms with Crippen LogP contribution in [0.15, 0.2) is 20.5 Å². The van der Waals surface area contributed by atoms with Gasteiger partial charge in [-0.2, -0.15) is 10.2 Å². The molecule has 0 saturated heterocycles. The third-order valence-corrected chi connectivity index (χ3v) is 2.62. The van der Waals surface area contributed by atoms with E-state index < -0.39 is 11.3 Å². The first kappa shape index (κ1) is 18.1. The van der Waals surface area contributed by atoms with E-state index in [1.807, 2.05) is 0 Å². The molecule has 0 saturated carbocycles. The van der Waals surface area contributed by atoms with Crippen LogP contribution in [0.2, 0.25) is 0 Å². The number of azide groups is 2. The molecule has 0 rings (SSSR count). The fourth-order valence-corrected chi connectivity index (χ4v) is 1.48. The summed E-state index contributed by atoms with van der Waals surface area (Å²) in [6.07, 6.45) is 1.46. The van der Waals surface area contributed by atoms with E-state index in [-0.39, 0.29) is 13.2 Å². The Balaban J connectivity index is 5.12. The van der Waals surface area contributed by atoms with Crippen molar-refractivity contribution < 1.29 is 10.2 Å². The SMILES string of the molecule is CC(CCCO)(N=[N+]=[N-])/N=N/C(C)(CCCO)N=[N+]=[N-]. The van der Waals surface area contributed by atoms with E-state index in [9.17, 15) is 0 Å². The molecular weight excluding hydrogens is 264 g/mol. The van der Waals surface area contributed by atoms with Crippen LogP contribution in [0.25, 0.3) is 20.9 Å². The summed E-state index contributed by atoms with van der Waals surface area (Å²) >= 11 is 0. The van der Waals surface area contributed by atoms with Crippen molar-refractivity contribution in [3.63, 3.8) is 0 Å². The Morgan fingerprint density at radius 1 is 0.850 bits per heavy atom. The first-order valence-electron chi connectivity index (χ1n) is 6.23. The molecule has 2 atom stereocenters. The van der Waals surface area contributed by atoms with E-state index in [1.54, 1.807) is 13.8 Å². The lowest BCUT2D eigenvalue weighted by atomic mass is 10.1. The Labute approximate surface area is 116 Å². The Morgan fingerprint density at radius 2 is 1.20 bits per heavy atom. The highest BCUT2D eigenvalue weighted by atomic mass is 16.3. The van der Waals surface area contributed by atoms with Gasteiger partial charge in [0.15, 0.2) is 11.3 Å². The topological polar surface area (TPSA) is 163 Å². The van der Waals surface area contributed by atoms with Crippen LogP contribution >= 0.6 is 0 Å². The second-order valence-corrected chi connectivity index (χ2v) is 4.67. The number of aliphatic hydroxyl groups excluding tert-OH is 2. The fraction of sp³-hybridized carbons (Fsp3) is 1.00. The van der Waals surface area contributed by atoms with Crippen LogP contribution in [0, 0.1) is 0 Å². The molecule has 2 N–H and O–H groups in total.